The predicted octanol–water partition coefficient (Wildman–Crippen LogP) is -2.53. The molecule has 0 unspecified atom stereocenters. The molecule has 46 valence electrons. The number of thioether (sulfide) groups is 1. The van der Waals surface area contributed by atoms with Crippen LogP contribution in [-0.4, -0.2) is 16.8 Å². The van der Waals surface area contributed by atoms with Crippen LogP contribution in [0.25, 0.3) is 5.32 Å². The average molecular weight is 179 g/mol. The molecule has 1 aliphatic rings. The minimum Gasteiger partial charge on any atom is -0.398 e. The molecule has 4 nitrogen and oxygen atoms in total. The summed E-state index contributed by atoms with van der Waals surface area (Å²) in [7, 11) is 0. The van der Waals surface area contributed by atoms with Gasteiger partial charge in [-0.15, -0.1) is 11.8 Å². The van der Waals surface area contributed by atoms with Crippen molar-refractivity contribution >= 4 is 22.8 Å². The summed E-state index contributed by atoms with van der Waals surface area (Å²) in [5.74, 6) is 0.106. The first-order valence-electron chi connectivity index (χ1n) is 2.17. The Labute approximate surface area is 105 Å². The summed E-state index contributed by atoms with van der Waals surface area (Å²) in [6, 6.07) is 0. The third-order valence-electron chi connectivity index (χ3n) is 0.691. The molecular formula is C4H2KN3OS. The summed E-state index contributed by atoms with van der Waals surface area (Å²) in [6.45, 7) is 0. The molecule has 1 heterocycles. The van der Waals surface area contributed by atoms with Gasteiger partial charge in [0.15, 0.2) is 5.91 Å². The number of amides is 1. The maximum atomic E-state index is 10.4. The molecule has 1 amide bonds. The molecule has 0 bridgehead atoms. The van der Waals surface area contributed by atoms with Crippen LogP contribution in [0.1, 0.15) is 0 Å². The van der Waals surface area contributed by atoms with Gasteiger partial charge in [-0.05, 0) is 5.17 Å². The van der Waals surface area contributed by atoms with Crippen molar-refractivity contribution in [3.8, 4) is 6.19 Å². The summed E-state index contributed by atoms with van der Waals surface area (Å²) in [4.78, 5) is 13.6. The standard InChI is InChI=1S/C4H3N3OS.K/c5-2-6-4-7-3(8)1-9-4;/h1H2,(H,6,7,8);/q;+1/p-1. The summed E-state index contributed by atoms with van der Waals surface area (Å²) < 4.78 is 0. The van der Waals surface area contributed by atoms with Crippen molar-refractivity contribution in [1.82, 2.24) is 0 Å². The maximum Gasteiger partial charge on any atom is 1.00 e. The van der Waals surface area contributed by atoms with E-state index >= 15 is 0 Å². The molecule has 1 rings (SSSR count). The second-order valence-corrected chi connectivity index (χ2v) is 2.23. The molecule has 0 spiro atoms. The topological polar surface area (TPSA) is 67.3 Å². The van der Waals surface area contributed by atoms with Gasteiger partial charge < -0.3 is 10.3 Å². The van der Waals surface area contributed by atoms with Crippen molar-refractivity contribution in [1.29, 1.82) is 5.26 Å². The van der Waals surface area contributed by atoms with E-state index in [1.54, 1.807) is 6.19 Å². The Balaban J connectivity index is 0.000000810. The van der Waals surface area contributed by atoms with Crippen LogP contribution in [-0.2, 0) is 4.79 Å². The summed E-state index contributed by atoms with van der Waals surface area (Å²) in [6.07, 6.45) is 1.55. The molecule has 0 aromatic heterocycles. The molecule has 1 aliphatic heterocycles. The van der Waals surface area contributed by atoms with Crippen molar-refractivity contribution < 1.29 is 56.2 Å². The van der Waals surface area contributed by atoms with Gasteiger partial charge in [0, 0.05) is 0 Å². The van der Waals surface area contributed by atoms with E-state index in [4.69, 9.17) is 5.26 Å². The molecule has 0 radical (unpaired) electrons. The first kappa shape index (κ1) is 10.6. The van der Waals surface area contributed by atoms with Gasteiger partial charge in [-0.25, -0.2) is 0 Å². The number of carbonyl (C=O) groups excluding carboxylic acids is 1. The van der Waals surface area contributed by atoms with Crippen LogP contribution in [0.2, 0.25) is 0 Å². The quantitative estimate of drug-likeness (QED) is 0.304. The van der Waals surface area contributed by atoms with Gasteiger partial charge in [0.2, 0.25) is 0 Å². The summed E-state index contributed by atoms with van der Waals surface area (Å²) in [5, 5.41) is 11.7. The van der Waals surface area contributed by atoms with E-state index in [0.29, 0.717) is 5.75 Å². The van der Waals surface area contributed by atoms with Crippen LogP contribution in [0.15, 0.2) is 4.99 Å². The number of hydrogen-bond acceptors (Lipinski definition) is 4. The van der Waals surface area contributed by atoms with E-state index < -0.39 is 0 Å². The predicted molar refractivity (Wildman–Crippen MR) is 33.9 cm³/mol. The molecule has 0 saturated carbocycles. The fraction of sp³-hybridized carbons (Fsp3) is 0.250. The SMILES string of the molecule is N#CN=C1[N-]C(=O)CS1.[K+]. The van der Waals surface area contributed by atoms with Crippen LogP contribution in [0.5, 0.6) is 0 Å². The van der Waals surface area contributed by atoms with E-state index in [1.165, 1.54) is 11.8 Å². The Morgan fingerprint density at radius 1 is 1.80 bits per heavy atom. The van der Waals surface area contributed by atoms with Gasteiger partial charge in [-0.2, -0.15) is 5.26 Å². The Morgan fingerprint density at radius 3 is 2.90 bits per heavy atom. The van der Waals surface area contributed by atoms with Crippen LogP contribution < -0.4 is 51.4 Å². The third-order valence-corrected chi connectivity index (χ3v) is 1.52. The minimum atomic E-state index is -0.214. The summed E-state index contributed by atoms with van der Waals surface area (Å²) in [5.41, 5.74) is 0. The first-order chi connectivity index (χ1) is 4.33. The van der Waals surface area contributed by atoms with E-state index in [0.717, 1.165) is 0 Å². The van der Waals surface area contributed by atoms with Crippen molar-refractivity contribution in [2.75, 3.05) is 5.75 Å². The molecular weight excluding hydrogens is 177 g/mol. The monoisotopic (exact) mass is 179 g/mol. The van der Waals surface area contributed by atoms with Crippen molar-refractivity contribution in [3.05, 3.63) is 5.32 Å². The zero-order chi connectivity index (χ0) is 6.69. The summed E-state index contributed by atoms with van der Waals surface area (Å²) >= 11 is 1.19. The normalized spacial score (nSPS) is 19.5. The van der Waals surface area contributed by atoms with E-state index in [1.807, 2.05) is 0 Å². The largest absolute Gasteiger partial charge is 1.00 e. The van der Waals surface area contributed by atoms with E-state index in [9.17, 15) is 4.79 Å². The smallest absolute Gasteiger partial charge is 0.398 e. The number of nitrogens with zero attached hydrogens (tertiary/aromatic N) is 3. The van der Waals surface area contributed by atoms with Crippen LogP contribution >= 0.6 is 11.8 Å². The minimum absolute atomic E-state index is 0. The molecule has 0 aromatic rings. The second kappa shape index (κ2) is 5.29. The van der Waals surface area contributed by atoms with Crippen LogP contribution in [0.3, 0.4) is 0 Å². The first-order valence-corrected chi connectivity index (χ1v) is 3.15. The number of aliphatic imine (C=N–C) groups is 1. The average Bonchev–Trinajstić information content (AvgIpc) is 2.17. The molecule has 6 heteroatoms. The van der Waals surface area contributed by atoms with Gasteiger partial charge in [0.25, 0.3) is 0 Å². The number of carbonyl (C=O) groups is 1. The fourth-order valence-corrected chi connectivity index (χ4v) is 0.986. The number of hydrogen-bond donors (Lipinski definition) is 0. The van der Waals surface area contributed by atoms with Gasteiger partial charge in [0.1, 0.15) is 0 Å². The molecule has 1 fully saturated rings. The molecule has 10 heavy (non-hydrogen) atoms. The molecule has 0 aromatic carbocycles. The fourth-order valence-electron chi connectivity index (χ4n) is 0.398. The Hall–Kier alpha value is 0.616. The number of nitriles is 1. The van der Waals surface area contributed by atoms with Gasteiger partial charge >= 0.3 is 51.4 Å². The third kappa shape index (κ3) is 3.14. The maximum absolute atomic E-state index is 10.4. The van der Waals surface area contributed by atoms with Crippen molar-refractivity contribution in [2.45, 2.75) is 0 Å². The zero-order valence-electron chi connectivity index (χ0n) is 5.37. The second-order valence-electron chi connectivity index (χ2n) is 1.29. The Morgan fingerprint density at radius 2 is 2.50 bits per heavy atom. The Kier molecular flexibility index (Phi) is 5.62. The van der Waals surface area contributed by atoms with Crippen LogP contribution in [0.4, 0.5) is 0 Å². The molecule has 0 N–H and O–H groups in total. The van der Waals surface area contributed by atoms with Crippen molar-refractivity contribution in [2.24, 2.45) is 4.99 Å². The van der Waals surface area contributed by atoms with Gasteiger partial charge in [-0.1, -0.05) is 0 Å². The van der Waals surface area contributed by atoms with Crippen LogP contribution in [0, 0.1) is 11.5 Å². The van der Waals surface area contributed by atoms with Gasteiger partial charge in [0.05, 0.1) is 11.9 Å². The zero-order valence-corrected chi connectivity index (χ0v) is 9.30. The molecule has 0 atom stereocenters. The molecule has 1 saturated heterocycles. The molecule has 0 aliphatic carbocycles. The van der Waals surface area contributed by atoms with E-state index in [-0.39, 0.29) is 62.5 Å². The number of rotatable bonds is 0. The van der Waals surface area contributed by atoms with E-state index in [2.05, 4.69) is 10.3 Å². The van der Waals surface area contributed by atoms with Gasteiger partial charge in [-0.3, -0.25) is 4.79 Å². The van der Waals surface area contributed by atoms with Crippen molar-refractivity contribution in [3.63, 3.8) is 0 Å². The number of amidine groups is 1. The Bertz CT molecular complexity index is 209.